The zero-order valence-corrected chi connectivity index (χ0v) is 24.1. The molecular weight excluding hydrogens is 538 g/mol. The van der Waals surface area contributed by atoms with Gasteiger partial charge in [0, 0.05) is 61.0 Å². The van der Waals surface area contributed by atoms with E-state index in [1.54, 1.807) is 53.7 Å². The van der Waals surface area contributed by atoms with E-state index in [0.717, 1.165) is 12.1 Å². The van der Waals surface area contributed by atoms with Crippen molar-refractivity contribution in [1.82, 2.24) is 14.8 Å². The molecular formula is C31H37N5O6. The zero-order valence-electron chi connectivity index (χ0n) is 24.1. The fraction of sp³-hybridized carbons (Fsp3) is 0.387. The van der Waals surface area contributed by atoms with Gasteiger partial charge in [0.1, 0.15) is 11.9 Å². The monoisotopic (exact) mass is 575 g/mol. The lowest BCUT2D eigenvalue weighted by Crippen LogP contribution is -2.47. The lowest BCUT2D eigenvalue weighted by atomic mass is 10.0. The molecule has 3 atom stereocenters. The minimum atomic E-state index is -0.441. The number of benzene rings is 2. The van der Waals surface area contributed by atoms with Crippen LogP contribution in [0.3, 0.4) is 0 Å². The standard InChI is InChI=1S/C31H37N5O6/c1-20-15-36(21(2)18-37)30(38)13-23-12-24(33-31(39)34-25-5-7-27-28(14-25)41-19-40-27)4-6-26(23)42-29(20)17-35(3)16-22-8-10-32-11-9-22/h4-12,14,20-21,29,37H,13,15-19H2,1-3H3,(H2,33,34,39)/t20-,21?,29+/m1/s1. The van der Waals surface area contributed by atoms with Crippen LogP contribution in [-0.2, 0) is 17.8 Å². The van der Waals surface area contributed by atoms with Crippen molar-refractivity contribution >= 4 is 23.3 Å². The van der Waals surface area contributed by atoms with E-state index in [4.69, 9.17) is 14.2 Å². The first-order valence-electron chi connectivity index (χ1n) is 14.0. The highest BCUT2D eigenvalue weighted by Gasteiger charge is 2.31. The highest BCUT2D eigenvalue weighted by Crippen LogP contribution is 2.34. The molecule has 3 heterocycles. The molecule has 0 bridgehead atoms. The van der Waals surface area contributed by atoms with Gasteiger partial charge in [-0.3, -0.25) is 14.7 Å². The maximum Gasteiger partial charge on any atom is 0.323 e. The first-order valence-corrected chi connectivity index (χ1v) is 14.0. The Morgan fingerprint density at radius 1 is 1.07 bits per heavy atom. The second-order valence-corrected chi connectivity index (χ2v) is 10.9. The first-order chi connectivity index (χ1) is 20.3. The Morgan fingerprint density at radius 3 is 2.50 bits per heavy atom. The smallest absolute Gasteiger partial charge is 0.323 e. The number of hydrogen-bond donors (Lipinski definition) is 3. The topological polar surface area (TPSA) is 125 Å². The second-order valence-electron chi connectivity index (χ2n) is 10.9. The molecule has 1 aromatic heterocycles. The number of amides is 3. The van der Waals surface area contributed by atoms with E-state index < -0.39 is 6.03 Å². The number of carbonyl (C=O) groups is 2. The highest BCUT2D eigenvalue weighted by molar-refractivity contribution is 6.00. The molecule has 3 aromatic rings. The van der Waals surface area contributed by atoms with Gasteiger partial charge in [0.2, 0.25) is 12.7 Å². The average molecular weight is 576 g/mol. The summed E-state index contributed by atoms with van der Waals surface area (Å²) in [6.45, 7) is 5.71. The summed E-state index contributed by atoms with van der Waals surface area (Å²) in [4.78, 5) is 34.3. The van der Waals surface area contributed by atoms with Crippen LogP contribution in [0.4, 0.5) is 16.2 Å². The summed E-state index contributed by atoms with van der Waals surface area (Å²) in [5.74, 6) is 1.67. The van der Waals surface area contributed by atoms with Crippen LogP contribution in [0.1, 0.15) is 25.0 Å². The Bertz CT molecular complexity index is 1400. The summed E-state index contributed by atoms with van der Waals surface area (Å²) >= 11 is 0. The molecule has 3 N–H and O–H groups in total. The molecule has 1 unspecified atom stereocenters. The number of aromatic nitrogens is 1. The Kier molecular flexibility index (Phi) is 9.09. The quantitative estimate of drug-likeness (QED) is 0.371. The van der Waals surface area contributed by atoms with Crippen LogP contribution >= 0.6 is 0 Å². The molecule has 0 aliphatic carbocycles. The largest absolute Gasteiger partial charge is 0.488 e. The molecule has 11 heteroatoms. The third kappa shape index (κ3) is 7.10. The molecule has 0 fully saturated rings. The molecule has 5 rings (SSSR count). The van der Waals surface area contributed by atoms with Crippen molar-refractivity contribution in [3.63, 3.8) is 0 Å². The van der Waals surface area contributed by atoms with Gasteiger partial charge >= 0.3 is 6.03 Å². The molecule has 3 amide bonds. The molecule has 0 saturated carbocycles. The normalized spacial score (nSPS) is 18.8. The maximum atomic E-state index is 13.5. The number of nitrogens with zero attached hydrogens (tertiary/aromatic N) is 3. The number of aliphatic hydroxyl groups excluding tert-OH is 1. The van der Waals surface area contributed by atoms with Crippen LogP contribution in [0.5, 0.6) is 17.2 Å². The van der Waals surface area contributed by atoms with Crippen molar-refractivity contribution in [3.05, 3.63) is 72.1 Å². The lowest BCUT2D eigenvalue weighted by molar-refractivity contribution is -0.134. The van der Waals surface area contributed by atoms with Gasteiger partial charge in [0.15, 0.2) is 11.5 Å². The van der Waals surface area contributed by atoms with Gasteiger partial charge in [-0.25, -0.2) is 4.79 Å². The average Bonchev–Trinajstić information content (AvgIpc) is 3.45. The zero-order chi connectivity index (χ0) is 29.6. The van der Waals surface area contributed by atoms with E-state index in [1.165, 1.54) is 0 Å². The SMILES string of the molecule is CC(CO)N1C[C@@H](C)[C@H](CN(C)Cc2ccncc2)Oc2ccc(NC(=O)Nc3ccc4c(c3)OCO4)cc2CC1=O. The van der Waals surface area contributed by atoms with Crippen LogP contribution < -0.4 is 24.8 Å². The lowest BCUT2D eigenvalue weighted by Gasteiger charge is -2.34. The minimum Gasteiger partial charge on any atom is -0.488 e. The minimum absolute atomic E-state index is 0.0148. The van der Waals surface area contributed by atoms with E-state index >= 15 is 0 Å². The number of likely N-dealkylation sites (N-methyl/N-ethyl adjacent to an activating group) is 1. The number of carbonyl (C=O) groups excluding carboxylic acids is 2. The Morgan fingerprint density at radius 2 is 1.76 bits per heavy atom. The molecule has 2 aromatic carbocycles. The summed E-state index contributed by atoms with van der Waals surface area (Å²) < 4.78 is 17.3. The third-order valence-corrected chi connectivity index (χ3v) is 7.50. The van der Waals surface area contributed by atoms with Crippen molar-refractivity contribution in [2.24, 2.45) is 5.92 Å². The Hall–Kier alpha value is -4.35. The van der Waals surface area contributed by atoms with E-state index in [0.29, 0.717) is 47.3 Å². The summed E-state index contributed by atoms with van der Waals surface area (Å²) in [6, 6.07) is 13.7. The third-order valence-electron chi connectivity index (χ3n) is 7.50. The van der Waals surface area contributed by atoms with E-state index in [2.05, 4.69) is 27.4 Å². The molecule has 222 valence electrons. The number of ether oxygens (including phenoxy) is 3. The van der Waals surface area contributed by atoms with E-state index in [1.807, 2.05) is 26.1 Å². The number of aliphatic hydroxyl groups is 1. The molecule has 42 heavy (non-hydrogen) atoms. The van der Waals surface area contributed by atoms with Crippen molar-refractivity contribution in [3.8, 4) is 17.2 Å². The summed E-state index contributed by atoms with van der Waals surface area (Å²) in [5, 5.41) is 15.5. The number of hydrogen-bond acceptors (Lipinski definition) is 8. The molecule has 2 aliphatic rings. The Labute approximate surface area is 245 Å². The first kappa shape index (κ1) is 29.2. The predicted molar refractivity (Wildman–Crippen MR) is 158 cm³/mol. The van der Waals surface area contributed by atoms with Crippen LogP contribution in [0.25, 0.3) is 0 Å². The van der Waals surface area contributed by atoms with Crippen LogP contribution in [0, 0.1) is 5.92 Å². The fourth-order valence-corrected chi connectivity index (χ4v) is 5.16. The van der Waals surface area contributed by atoms with Gasteiger partial charge in [0.25, 0.3) is 0 Å². The van der Waals surface area contributed by atoms with Gasteiger partial charge in [0.05, 0.1) is 19.1 Å². The highest BCUT2D eigenvalue weighted by atomic mass is 16.7. The molecule has 0 radical (unpaired) electrons. The molecule has 2 aliphatic heterocycles. The molecule has 0 spiro atoms. The van der Waals surface area contributed by atoms with E-state index in [-0.39, 0.29) is 43.8 Å². The number of anilines is 2. The van der Waals surface area contributed by atoms with Gasteiger partial charge in [-0.05, 0) is 62.0 Å². The summed E-state index contributed by atoms with van der Waals surface area (Å²) in [6.07, 6.45) is 3.40. The van der Waals surface area contributed by atoms with Crippen molar-refractivity contribution in [1.29, 1.82) is 0 Å². The number of rotatable bonds is 8. The van der Waals surface area contributed by atoms with Gasteiger partial charge in [-0.15, -0.1) is 0 Å². The van der Waals surface area contributed by atoms with Crippen LogP contribution in [0.2, 0.25) is 0 Å². The summed E-state index contributed by atoms with van der Waals surface area (Å²) in [5.41, 5.74) is 2.87. The van der Waals surface area contributed by atoms with Crippen molar-refractivity contribution in [2.75, 3.05) is 44.2 Å². The van der Waals surface area contributed by atoms with Gasteiger partial charge < -0.3 is 34.9 Å². The number of fused-ring (bicyclic) bond motifs is 2. The maximum absolute atomic E-state index is 13.5. The second kappa shape index (κ2) is 13.1. The van der Waals surface area contributed by atoms with Crippen LogP contribution in [-0.4, -0.2) is 77.5 Å². The van der Waals surface area contributed by atoms with Crippen LogP contribution in [0.15, 0.2) is 60.9 Å². The molecule has 11 nitrogen and oxygen atoms in total. The number of urea groups is 1. The van der Waals surface area contributed by atoms with E-state index in [9.17, 15) is 14.7 Å². The van der Waals surface area contributed by atoms with Crippen molar-refractivity contribution in [2.45, 2.75) is 39.0 Å². The number of nitrogens with one attached hydrogen (secondary N) is 2. The predicted octanol–water partition coefficient (Wildman–Crippen LogP) is 3.74. The Balaban J connectivity index is 1.34. The van der Waals surface area contributed by atoms with Gasteiger partial charge in [-0.1, -0.05) is 6.92 Å². The number of pyridine rings is 1. The van der Waals surface area contributed by atoms with Crippen molar-refractivity contribution < 1.29 is 28.9 Å². The van der Waals surface area contributed by atoms with Gasteiger partial charge in [-0.2, -0.15) is 0 Å². The molecule has 0 saturated heterocycles. The fourth-order valence-electron chi connectivity index (χ4n) is 5.16. The summed E-state index contributed by atoms with van der Waals surface area (Å²) in [7, 11) is 2.04.